The number of carbonyl (C=O) groups is 1. The summed E-state index contributed by atoms with van der Waals surface area (Å²) in [6.45, 7) is 4.72. The van der Waals surface area contributed by atoms with Gasteiger partial charge in [0.2, 0.25) is 0 Å². The third-order valence-electron chi connectivity index (χ3n) is 3.74. The molecule has 0 aliphatic carbocycles. The van der Waals surface area contributed by atoms with Crippen molar-refractivity contribution in [1.82, 2.24) is 0 Å². The molecule has 8 heteroatoms. The van der Waals surface area contributed by atoms with Crippen LogP contribution >= 0.6 is 0 Å². The Hall–Kier alpha value is -3.00. The lowest BCUT2D eigenvalue weighted by Crippen LogP contribution is -2.11. The van der Waals surface area contributed by atoms with Gasteiger partial charge in [-0.1, -0.05) is 0 Å². The number of carbonyl (C=O) groups excluding carboxylic acids is 1. The first-order chi connectivity index (χ1) is 14.3. The summed E-state index contributed by atoms with van der Waals surface area (Å²) < 4.78 is 59.0. The van der Waals surface area contributed by atoms with Crippen LogP contribution in [0.15, 0.2) is 60.7 Å². The molecule has 0 fully saturated rings. The summed E-state index contributed by atoms with van der Waals surface area (Å²) in [5.41, 5.74) is -0.737. The normalized spacial score (nSPS) is 12.6. The van der Waals surface area contributed by atoms with Crippen molar-refractivity contribution in [2.45, 2.75) is 26.1 Å². The smallest absolute Gasteiger partial charge is 0.416 e. The highest BCUT2D eigenvalue weighted by Gasteiger charge is 2.30. The van der Waals surface area contributed by atoms with E-state index < -0.39 is 17.7 Å². The molecule has 1 atom stereocenters. The van der Waals surface area contributed by atoms with Gasteiger partial charge in [-0.25, -0.2) is 4.79 Å². The minimum Gasteiger partial charge on any atom is -0.487 e. The summed E-state index contributed by atoms with van der Waals surface area (Å²) in [5.74, 6) is 0.793. The van der Waals surface area contributed by atoms with E-state index in [9.17, 15) is 18.0 Å². The molecule has 162 valence electrons. The van der Waals surface area contributed by atoms with E-state index in [0.717, 1.165) is 12.1 Å². The predicted octanol–water partition coefficient (Wildman–Crippen LogP) is 5.40. The van der Waals surface area contributed by atoms with Crippen molar-refractivity contribution in [2.24, 2.45) is 0 Å². The summed E-state index contributed by atoms with van der Waals surface area (Å²) >= 11 is 0. The second-order valence-corrected chi connectivity index (χ2v) is 6.14. The van der Waals surface area contributed by atoms with Gasteiger partial charge in [-0.15, -0.1) is 0 Å². The molecular formula is C22H23F3O5. The topological polar surface area (TPSA) is 54.0 Å². The van der Waals surface area contributed by atoms with E-state index in [1.54, 1.807) is 37.3 Å². The third-order valence-corrected chi connectivity index (χ3v) is 3.74. The monoisotopic (exact) mass is 424 g/mol. The first-order valence-corrected chi connectivity index (χ1v) is 9.32. The maximum atomic E-state index is 12.6. The van der Waals surface area contributed by atoms with Crippen molar-refractivity contribution in [3.8, 4) is 17.2 Å². The Kier molecular flexibility index (Phi) is 8.73. The molecule has 0 saturated heterocycles. The molecule has 0 amide bonds. The van der Waals surface area contributed by atoms with Crippen molar-refractivity contribution in [1.29, 1.82) is 0 Å². The molecule has 0 spiro atoms. The van der Waals surface area contributed by atoms with Crippen molar-refractivity contribution in [3.05, 3.63) is 66.2 Å². The highest BCUT2D eigenvalue weighted by molar-refractivity contribution is 5.81. The summed E-state index contributed by atoms with van der Waals surface area (Å²) in [6.07, 6.45) is -1.91. The van der Waals surface area contributed by atoms with Gasteiger partial charge < -0.3 is 18.9 Å². The maximum Gasteiger partial charge on any atom is 0.416 e. The van der Waals surface area contributed by atoms with E-state index in [0.29, 0.717) is 24.7 Å². The predicted molar refractivity (Wildman–Crippen MR) is 105 cm³/mol. The van der Waals surface area contributed by atoms with Gasteiger partial charge in [0.25, 0.3) is 0 Å². The van der Waals surface area contributed by atoms with Gasteiger partial charge in [0.15, 0.2) is 0 Å². The number of halogens is 3. The van der Waals surface area contributed by atoms with Gasteiger partial charge >= 0.3 is 12.1 Å². The number of benzene rings is 2. The molecule has 0 bridgehead atoms. The molecule has 1 unspecified atom stereocenters. The van der Waals surface area contributed by atoms with Crippen LogP contribution in [-0.4, -0.2) is 31.9 Å². The Balaban J connectivity index is 1.82. The quantitative estimate of drug-likeness (QED) is 0.290. The van der Waals surface area contributed by atoms with Crippen LogP contribution in [0.2, 0.25) is 0 Å². The molecule has 2 rings (SSSR count). The molecule has 0 N–H and O–H groups in total. The van der Waals surface area contributed by atoms with Gasteiger partial charge in [-0.05, 0) is 68.5 Å². The van der Waals surface area contributed by atoms with E-state index in [-0.39, 0.29) is 18.5 Å². The van der Waals surface area contributed by atoms with E-state index in [4.69, 9.17) is 18.9 Å². The molecule has 0 aliphatic rings. The molecule has 0 heterocycles. The number of esters is 1. The second-order valence-electron chi connectivity index (χ2n) is 6.14. The fraction of sp³-hybridized carbons (Fsp3) is 0.318. The first-order valence-electron chi connectivity index (χ1n) is 9.32. The van der Waals surface area contributed by atoms with Gasteiger partial charge in [-0.3, -0.25) is 0 Å². The Morgan fingerprint density at radius 3 is 2.10 bits per heavy atom. The number of hydrogen-bond acceptors (Lipinski definition) is 5. The minimum absolute atomic E-state index is 0.187. The highest BCUT2D eigenvalue weighted by Crippen LogP contribution is 2.31. The Morgan fingerprint density at radius 2 is 1.53 bits per heavy atom. The standard InChI is InChI=1S/C22H23F3O5/c1-3-27-14-15-28-21(26)13-4-16(2)29-18-9-11-20(12-10-18)30-19-7-5-17(6-8-19)22(23,24)25/h4-13,16H,3,14-15H2,1-2H3. The van der Waals surface area contributed by atoms with Crippen LogP contribution in [-0.2, 0) is 20.4 Å². The van der Waals surface area contributed by atoms with E-state index in [1.807, 2.05) is 6.92 Å². The number of ether oxygens (including phenoxy) is 4. The molecule has 0 saturated carbocycles. The Morgan fingerprint density at radius 1 is 0.967 bits per heavy atom. The first kappa shape index (κ1) is 23.3. The summed E-state index contributed by atoms with van der Waals surface area (Å²) in [7, 11) is 0. The fourth-order valence-electron chi connectivity index (χ4n) is 2.30. The zero-order chi connectivity index (χ0) is 22.0. The Bertz CT molecular complexity index is 814. The van der Waals surface area contributed by atoms with E-state index in [2.05, 4.69) is 0 Å². The Labute approximate surface area is 173 Å². The third kappa shape index (κ3) is 8.16. The van der Waals surface area contributed by atoms with Gasteiger partial charge in [0.05, 0.1) is 12.2 Å². The van der Waals surface area contributed by atoms with Crippen LogP contribution < -0.4 is 9.47 Å². The van der Waals surface area contributed by atoms with Crippen molar-refractivity contribution in [3.63, 3.8) is 0 Å². The van der Waals surface area contributed by atoms with Crippen LogP contribution in [0.1, 0.15) is 19.4 Å². The van der Waals surface area contributed by atoms with Crippen LogP contribution in [0.5, 0.6) is 17.2 Å². The molecule has 0 radical (unpaired) electrons. The van der Waals surface area contributed by atoms with Crippen molar-refractivity contribution < 1.29 is 36.9 Å². The molecule has 5 nitrogen and oxygen atoms in total. The van der Waals surface area contributed by atoms with Gasteiger partial charge in [-0.2, -0.15) is 13.2 Å². The van der Waals surface area contributed by atoms with Crippen LogP contribution in [0.25, 0.3) is 0 Å². The lowest BCUT2D eigenvalue weighted by molar-refractivity contribution is -0.139. The lowest BCUT2D eigenvalue weighted by atomic mass is 10.2. The number of alkyl halides is 3. The van der Waals surface area contributed by atoms with Crippen LogP contribution in [0.3, 0.4) is 0 Å². The zero-order valence-corrected chi connectivity index (χ0v) is 16.6. The van der Waals surface area contributed by atoms with Crippen LogP contribution in [0.4, 0.5) is 13.2 Å². The van der Waals surface area contributed by atoms with Crippen LogP contribution in [0, 0.1) is 0 Å². The number of rotatable bonds is 10. The average Bonchev–Trinajstić information content (AvgIpc) is 2.71. The van der Waals surface area contributed by atoms with E-state index in [1.165, 1.54) is 18.2 Å². The van der Waals surface area contributed by atoms with Gasteiger partial charge in [0, 0.05) is 12.7 Å². The molecule has 0 aromatic heterocycles. The summed E-state index contributed by atoms with van der Waals surface area (Å²) in [6, 6.07) is 11.0. The van der Waals surface area contributed by atoms with Gasteiger partial charge in [0.1, 0.15) is 30.0 Å². The largest absolute Gasteiger partial charge is 0.487 e. The van der Waals surface area contributed by atoms with Crippen molar-refractivity contribution >= 4 is 5.97 Å². The summed E-state index contributed by atoms with van der Waals surface area (Å²) in [4.78, 5) is 11.6. The molecule has 30 heavy (non-hydrogen) atoms. The van der Waals surface area contributed by atoms with Crippen molar-refractivity contribution in [2.75, 3.05) is 19.8 Å². The fourth-order valence-corrected chi connectivity index (χ4v) is 2.30. The highest BCUT2D eigenvalue weighted by atomic mass is 19.4. The number of hydrogen-bond donors (Lipinski definition) is 0. The average molecular weight is 424 g/mol. The molecule has 2 aromatic rings. The lowest BCUT2D eigenvalue weighted by Gasteiger charge is -2.12. The zero-order valence-electron chi connectivity index (χ0n) is 16.6. The molecular weight excluding hydrogens is 401 g/mol. The minimum atomic E-state index is -4.39. The summed E-state index contributed by atoms with van der Waals surface area (Å²) in [5, 5.41) is 0. The molecule has 2 aromatic carbocycles. The molecule has 0 aliphatic heterocycles. The van der Waals surface area contributed by atoms with E-state index >= 15 is 0 Å². The second kappa shape index (κ2) is 11.3. The SMILES string of the molecule is CCOCCOC(=O)C=CC(C)Oc1ccc(Oc2ccc(C(F)(F)F)cc2)cc1. The maximum absolute atomic E-state index is 12.6.